The Morgan fingerprint density at radius 2 is 2.12 bits per heavy atom. The molecule has 0 radical (unpaired) electrons. The minimum Gasteiger partial charge on any atom is -0.392 e. The molecule has 0 aromatic heterocycles. The van der Waals surface area contributed by atoms with Crippen LogP contribution in [0.2, 0.25) is 0 Å². The molecule has 1 fully saturated rings. The molecule has 0 bridgehead atoms. The number of carbonyl (C=O) groups is 1. The molecule has 1 amide bonds. The van der Waals surface area contributed by atoms with Gasteiger partial charge in [0.2, 0.25) is 5.91 Å². The maximum absolute atomic E-state index is 11.8. The van der Waals surface area contributed by atoms with Gasteiger partial charge in [-0.3, -0.25) is 4.79 Å². The number of likely N-dealkylation sites (tertiary alicyclic amines) is 1. The van der Waals surface area contributed by atoms with Crippen molar-refractivity contribution in [3.63, 3.8) is 0 Å². The van der Waals surface area contributed by atoms with E-state index in [0.29, 0.717) is 6.54 Å². The lowest BCUT2D eigenvalue weighted by Gasteiger charge is -2.45. The number of rotatable bonds is 3. The molecule has 3 heteroatoms. The molecule has 1 N–H and O–H groups in total. The number of aliphatic hydroxyl groups excluding tert-OH is 1. The fourth-order valence-corrected chi connectivity index (χ4v) is 2.20. The van der Waals surface area contributed by atoms with Crippen molar-refractivity contribution >= 4 is 5.91 Å². The minimum absolute atomic E-state index is 0.0631. The number of amides is 1. The third kappa shape index (κ3) is 2.04. The van der Waals surface area contributed by atoms with E-state index in [1.165, 1.54) is 0 Å². The molecular weight excluding hydrogens is 214 g/mol. The molecular formula is C14H15NO2. The molecule has 1 saturated heterocycles. The van der Waals surface area contributed by atoms with Crippen LogP contribution >= 0.6 is 0 Å². The summed E-state index contributed by atoms with van der Waals surface area (Å²) >= 11 is 0. The summed E-state index contributed by atoms with van der Waals surface area (Å²) in [5.41, 5.74) is 1.05. The van der Waals surface area contributed by atoms with E-state index in [0.717, 1.165) is 5.56 Å². The number of nitrogens with zero attached hydrogens (tertiary/aromatic N) is 1. The Morgan fingerprint density at radius 3 is 2.65 bits per heavy atom. The van der Waals surface area contributed by atoms with Gasteiger partial charge in [-0.05, 0) is 12.5 Å². The number of terminal acetylenes is 1. The molecule has 17 heavy (non-hydrogen) atoms. The van der Waals surface area contributed by atoms with Crippen LogP contribution < -0.4 is 0 Å². The Balaban J connectivity index is 2.09. The Kier molecular flexibility index (Phi) is 3.16. The fourth-order valence-electron chi connectivity index (χ4n) is 2.20. The van der Waals surface area contributed by atoms with Crippen molar-refractivity contribution in [2.24, 2.45) is 5.92 Å². The summed E-state index contributed by atoms with van der Waals surface area (Å²) in [6.45, 7) is 2.12. The first-order valence-electron chi connectivity index (χ1n) is 5.63. The minimum atomic E-state index is -0.685. The van der Waals surface area contributed by atoms with Crippen molar-refractivity contribution in [1.82, 2.24) is 4.90 Å². The van der Waals surface area contributed by atoms with E-state index in [1.54, 1.807) is 11.8 Å². The summed E-state index contributed by atoms with van der Waals surface area (Å²) in [4.78, 5) is 13.5. The highest BCUT2D eigenvalue weighted by Gasteiger charge is 2.48. The molecule has 0 spiro atoms. The van der Waals surface area contributed by atoms with Gasteiger partial charge in [-0.15, -0.1) is 6.42 Å². The zero-order valence-corrected chi connectivity index (χ0v) is 9.71. The summed E-state index contributed by atoms with van der Waals surface area (Å²) in [5.74, 6) is 2.07. The zero-order valence-electron chi connectivity index (χ0n) is 9.71. The number of benzene rings is 1. The van der Waals surface area contributed by atoms with Crippen LogP contribution in [0.3, 0.4) is 0 Å². The van der Waals surface area contributed by atoms with Gasteiger partial charge in [0.15, 0.2) is 0 Å². The number of hydrogen-bond acceptors (Lipinski definition) is 2. The number of aliphatic hydroxyl groups is 1. The quantitative estimate of drug-likeness (QED) is 0.621. The Labute approximate surface area is 101 Å². The van der Waals surface area contributed by atoms with Crippen molar-refractivity contribution in [3.8, 4) is 12.3 Å². The monoisotopic (exact) mass is 229 g/mol. The average Bonchev–Trinajstić information content (AvgIpc) is 2.33. The van der Waals surface area contributed by atoms with Crippen LogP contribution in [0.15, 0.2) is 30.3 Å². The fraction of sp³-hybridized carbons (Fsp3) is 0.357. The molecule has 3 unspecified atom stereocenters. The first-order chi connectivity index (χ1) is 8.15. The van der Waals surface area contributed by atoms with Crippen molar-refractivity contribution in [2.45, 2.75) is 25.6 Å². The summed E-state index contributed by atoms with van der Waals surface area (Å²) < 4.78 is 0. The van der Waals surface area contributed by atoms with Crippen LogP contribution in [0.5, 0.6) is 0 Å². The van der Waals surface area contributed by atoms with Crippen molar-refractivity contribution in [2.75, 3.05) is 0 Å². The molecule has 3 atom stereocenters. The second-order valence-electron chi connectivity index (χ2n) is 4.33. The molecule has 2 rings (SSSR count). The van der Waals surface area contributed by atoms with E-state index in [-0.39, 0.29) is 11.9 Å². The zero-order chi connectivity index (χ0) is 12.4. The van der Waals surface area contributed by atoms with Crippen LogP contribution in [0.1, 0.15) is 12.5 Å². The average molecular weight is 229 g/mol. The molecule has 1 aromatic rings. The lowest BCUT2D eigenvalue weighted by molar-refractivity contribution is -0.160. The maximum atomic E-state index is 11.8. The first kappa shape index (κ1) is 11.7. The van der Waals surface area contributed by atoms with Crippen LogP contribution in [-0.2, 0) is 11.3 Å². The van der Waals surface area contributed by atoms with E-state index < -0.39 is 12.0 Å². The molecule has 1 aliphatic heterocycles. The van der Waals surface area contributed by atoms with E-state index in [1.807, 2.05) is 30.3 Å². The number of β-lactam (4-membered cyclic amide) rings is 1. The molecule has 88 valence electrons. The highest BCUT2D eigenvalue weighted by Crippen LogP contribution is 2.30. The van der Waals surface area contributed by atoms with Gasteiger partial charge < -0.3 is 10.0 Å². The summed E-state index contributed by atoms with van der Waals surface area (Å²) in [5, 5.41) is 9.48. The van der Waals surface area contributed by atoms with Gasteiger partial charge in [0.05, 0.1) is 12.0 Å². The van der Waals surface area contributed by atoms with Crippen LogP contribution in [0, 0.1) is 18.3 Å². The van der Waals surface area contributed by atoms with E-state index in [2.05, 4.69) is 5.92 Å². The van der Waals surface area contributed by atoms with E-state index in [9.17, 15) is 9.90 Å². The molecule has 0 saturated carbocycles. The topological polar surface area (TPSA) is 40.5 Å². The van der Waals surface area contributed by atoms with Gasteiger partial charge in [0.1, 0.15) is 6.04 Å². The van der Waals surface area contributed by atoms with Crippen molar-refractivity contribution in [1.29, 1.82) is 0 Å². The van der Waals surface area contributed by atoms with Gasteiger partial charge in [-0.1, -0.05) is 36.3 Å². The standard InChI is InChI=1S/C14H15NO2/c1-3-12-13(10(2)16)14(17)15(12)9-11-7-5-4-6-8-11/h1,4-8,10,12-13,16H,9H2,2H3. The third-order valence-electron chi connectivity index (χ3n) is 3.13. The first-order valence-corrected chi connectivity index (χ1v) is 5.63. The summed E-state index contributed by atoms with van der Waals surface area (Å²) in [6, 6.07) is 9.40. The van der Waals surface area contributed by atoms with Crippen LogP contribution in [0.25, 0.3) is 0 Å². The maximum Gasteiger partial charge on any atom is 0.232 e. The predicted octanol–water partition coefficient (Wildman–Crippen LogP) is 1.03. The van der Waals surface area contributed by atoms with Gasteiger partial charge in [0.25, 0.3) is 0 Å². The van der Waals surface area contributed by atoms with Crippen LogP contribution in [0.4, 0.5) is 0 Å². The lowest BCUT2D eigenvalue weighted by atomic mass is 9.83. The smallest absolute Gasteiger partial charge is 0.232 e. The summed E-state index contributed by atoms with van der Waals surface area (Å²) in [7, 11) is 0. The predicted molar refractivity (Wildman–Crippen MR) is 64.8 cm³/mol. The van der Waals surface area contributed by atoms with Crippen molar-refractivity contribution < 1.29 is 9.90 Å². The van der Waals surface area contributed by atoms with Crippen molar-refractivity contribution in [3.05, 3.63) is 35.9 Å². The second kappa shape index (κ2) is 4.60. The molecule has 3 nitrogen and oxygen atoms in total. The molecule has 1 heterocycles. The number of carbonyl (C=O) groups excluding carboxylic acids is 1. The number of hydrogen-bond donors (Lipinski definition) is 1. The van der Waals surface area contributed by atoms with E-state index >= 15 is 0 Å². The summed E-state index contributed by atoms with van der Waals surface area (Å²) in [6.07, 6.45) is 4.73. The Bertz CT molecular complexity index is 447. The normalized spacial score (nSPS) is 25.0. The molecule has 1 aromatic carbocycles. The van der Waals surface area contributed by atoms with Gasteiger partial charge in [-0.25, -0.2) is 0 Å². The highest BCUT2D eigenvalue weighted by molar-refractivity contribution is 5.87. The Hall–Kier alpha value is -1.79. The van der Waals surface area contributed by atoms with Gasteiger partial charge >= 0.3 is 0 Å². The second-order valence-corrected chi connectivity index (χ2v) is 4.33. The lowest BCUT2D eigenvalue weighted by Crippen LogP contribution is -2.62. The Morgan fingerprint density at radius 1 is 1.47 bits per heavy atom. The SMILES string of the molecule is C#CC1C(C(C)O)C(=O)N1Cc1ccccc1. The largest absolute Gasteiger partial charge is 0.392 e. The van der Waals surface area contributed by atoms with Gasteiger partial charge in [0, 0.05) is 6.54 Å². The molecule has 0 aliphatic carbocycles. The van der Waals surface area contributed by atoms with E-state index in [4.69, 9.17) is 6.42 Å². The highest BCUT2D eigenvalue weighted by atomic mass is 16.3. The molecule has 1 aliphatic rings. The third-order valence-corrected chi connectivity index (χ3v) is 3.13. The van der Waals surface area contributed by atoms with Crippen LogP contribution in [-0.4, -0.2) is 28.1 Å². The van der Waals surface area contributed by atoms with Gasteiger partial charge in [-0.2, -0.15) is 0 Å².